The van der Waals surface area contributed by atoms with Crippen LogP contribution in [-0.2, 0) is 4.43 Å². The zero-order chi connectivity index (χ0) is 10.9. The van der Waals surface area contributed by atoms with E-state index in [4.69, 9.17) is 4.43 Å². The highest BCUT2D eigenvalue weighted by Gasteiger charge is 2.40. The van der Waals surface area contributed by atoms with Crippen LogP contribution in [0.1, 0.15) is 25.7 Å². The molecule has 0 amide bonds. The minimum absolute atomic E-state index is 0.0407. The Hall–Kier alpha value is -0.343. The Labute approximate surface area is 94.3 Å². The maximum absolute atomic E-state index is 6.44. The molecule has 0 aromatic heterocycles. The average molecular weight is 222 g/mol. The standard InChI is InChI=1S/C13H22OSi/c1-15(2,3)14-13-10-6-4-8-12(13)9-5-7-11-13/h6-7,10-12H,4-5,8-9H2,1-3H3. The SMILES string of the molecule is C[Si](C)(C)OC12C=CCCC1CCC=C2. The molecule has 2 rings (SSSR count). The van der Waals surface area contributed by atoms with Gasteiger partial charge in [-0.2, -0.15) is 0 Å². The van der Waals surface area contributed by atoms with E-state index in [1.165, 1.54) is 25.7 Å². The highest BCUT2D eigenvalue weighted by Crippen LogP contribution is 2.41. The lowest BCUT2D eigenvalue weighted by Gasteiger charge is -2.44. The third kappa shape index (κ3) is 2.43. The minimum Gasteiger partial charge on any atom is -0.405 e. The van der Waals surface area contributed by atoms with Crippen molar-refractivity contribution in [1.29, 1.82) is 0 Å². The van der Waals surface area contributed by atoms with Crippen molar-refractivity contribution < 1.29 is 4.43 Å². The fraction of sp³-hybridized carbons (Fsp3) is 0.692. The van der Waals surface area contributed by atoms with Gasteiger partial charge in [-0.3, -0.25) is 0 Å². The van der Waals surface area contributed by atoms with E-state index < -0.39 is 8.32 Å². The number of rotatable bonds is 2. The first-order chi connectivity index (χ1) is 7.02. The quantitative estimate of drug-likeness (QED) is 0.509. The normalized spacial score (nSPS) is 35.3. The molecule has 0 radical (unpaired) electrons. The molecule has 0 saturated carbocycles. The van der Waals surface area contributed by atoms with Crippen LogP contribution in [0.25, 0.3) is 0 Å². The molecule has 0 atom stereocenters. The highest BCUT2D eigenvalue weighted by molar-refractivity contribution is 6.69. The van der Waals surface area contributed by atoms with Gasteiger partial charge in [0.25, 0.3) is 0 Å². The first-order valence-corrected chi connectivity index (χ1v) is 9.48. The molecule has 0 spiro atoms. The molecule has 0 aliphatic heterocycles. The Kier molecular flexibility index (Phi) is 2.91. The van der Waals surface area contributed by atoms with Crippen LogP contribution in [-0.4, -0.2) is 13.9 Å². The van der Waals surface area contributed by atoms with Crippen LogP contribution in [0.5, 0.6) is 0 Å². The summed E-state index contributed by atoms with van der Waals surface area (Å²) < 4.78 is 6.44. The van der Waals surface area contributed by atoms with Gasteiger partial charge in [0.05, 0.1) is 5.60 Å². The minimum atomic E-state index is -1.46. The van der Waals surface area contributed by atoms with Crippen LogP contribution in [0.3, 0.4) is 0 Å². The van der Waals surface area contributed by atoms with Gasteiger partial charge in [-0.25, -0.2) is 0 Å². The lowest BCUT2D eigenvalue weighted by molar-refractivity contribution is 0.0721. The van der Waals surface area contributed by atoms with Crippen molar-refractivity contribution in [1.82, 2.24) is 0 Å². The number of hydrogen-bond acceptors (Lipinski definition) is 1. The molecule has 0 unspecified atom stereocenters. The van der Waals surface area contributed by atoms with Crippen LogP contribution >= 0.6 is 0 Å². The summed E-state index contributed by atoms with van der Waals surface area (Å²) in [5.41, 5.74) is -0.0407. The Morgan fingerprint density at radius 1 is 1.07 bits per heavy atom. The third-order valence-corrected chi connectivity index (χ3v) is 4.21. The molecule has 2 aliphatic carbocycles. The van der Waals surface area contributed by atoms with Gasteiger partial charge in [-0.1, -0.05) is 24.3 Å². The third-order valence-electron chi connectivity index (χ3n) is 3.24. The van der Waals surface area contributed by atoms with Gasteiger partial charge >= 0.3 is 0 Å². The summed E-state index contributed by atoms with van der Waals surface area (Å²) in [6.45, 7) is 6.84. The summed E-state index contributed by atoms with van der Waals surface area (Å²) in [6.07, 6.45) is 14.3. The second kappa shape index (κ2) is 3.91. The molecule has 0 fully saturated rings. The lowest BCUT2D eigenvalue weighted by Crippen LogP contribution is -2.47. The molecule has 2 aliphatic rings. The van der Waals surface area contributed by atoms with E-state index in [9.17, 15) is 0 Å². The predicted molar refractivity (Wildman–Crippen MR) is 67.4 cm³/mol. The van der Waals surface area contributed by atoms with Crippen molar-refractivity contribution in [3.05, 3.63) is 24.3 Å². The van der Waals surface area contributed by atoms with E-state index in [1.807, 2.05) is 0 Å². The largest absolute Gasteiger partial charge is 0.405 e. The smallest absolute Gasteiger partial charge is 0.185 e. The summed E-state index contributed by atoms with van der Waals surface area (Å²) in [6, 6.07) is 0. The summed E-state index contributed by atoms with van der Waals surface area (Å²) in [5, 5.41) is 0. The summed E-state index contributed by atoms with van der Waals surface area (Å²) in [5.74, 6) is 0.722. The summed E-state index contributed by atoms with van der Waals surface area (Å²) >= 11 is 0. The van der Waals surface area contributed by atoms with Crippen molar-refractivity contribution in [3.63, 3.8) is 0 Å². The maximum Gasteiger partial charge on any atom is 0.185 e. The number of hydrogen-bond donors (Lipinski definition) is 0. The Morgan fingerprint density at radius 3 is 2.07 bits per heavy atom. The molecule has 0 aromatic carbocycles. The average Bonchev–Trinajstić information content (AvgIpc) is 2.14. The molecule has 1 nitrogen and oxygen atoms in total. The van der Waals surface area contributed by atoms with Gasteiger partial charge in [-0.05, 0) is 51.2 Å². The fourth-order valence-electron chi connectivity index (χ4n) is 2.73. The number of allylic oxidation sites excluding steroid dienone is 2. The molecule has 0 aromatic rings. The molecule has 84 valence electrons. The molecule has 0 saturated heterocycles. The first kappa shape index (κ1) is 11.2. The monoisotopic (exact) mass is 222 g/mol. The van der Waals surface area contributed by atoms with Crippen LogP contribution in [0, 0.1) is 5.92 Å². The molecule has 2 heteroatoms. The van der Waals surface area contributed by atoms with Crippen molar-refractivity contribution >= 4 is 8.32 Å². The molecular formula is C13H22OSi. The van der Waals surface area contributed by atoms with Crippen molar-refractivity contribution in [2.45, 2.75) is 50.9 Å². The molecular weight excluding hydrogens is 200 g/mol. The van der Waals surface area contributed by atoms with E-state index >= 15 is 0 Å². The highest BCUT2D eigenvalue weighted by atomic mass is 28.4. The van der Waals surface area contributed by atoms with E-state index in [-0.39, 0.29) is 5.60 Å². The van der Waals surface area contributed by atoms with Crippen LogP contribution in [0.15, 0.2) is 24.3 Å². The fourth-order valence-corrected chi connectivity index (χ4v) is 4.10. The molecule has 0 N–H and O–H groups in total. The summed E-state index contributed by atoms with van der Waals surface area (Å²) in [7, 11) is -1.46. The van der Waals surface area contributed by atoms with Gasteiger partial charge in [0.15, 0.2) is 8.32 Å². The van der Waals surface area contributed by atoms with Gasteiger partial charge in [-0.15, -0.1) is 0 Å². The van der Waals surface area contributed by atoms with Gasteiger partial charge in [0.1, 0.15) is 0 Å². The van der Waals surface area contributed by atoms with Crippen LogP contribution in [0.2, 0.25) is 19.6 Å². The molecule has 15 heavy (non-hydrogen) atoms. The molecule has 0 bridgehead atoms. The van der Waals surface area contributed by atoms with E-state index in [2.05, 4.69) is 43.9 Å². The van der Waals surface area contributed by atoms with Gasteiger partial charge in [0, 0.05) is 0 Å². The topological polar surface area (TPSA) is 9.23 Å². The van der Waals surface area contributed by atoms with Gasteiger partial charge in [0.2, 0.25) is 0 Å². The van der Waals surface area contributed by atoms with Crippen LogP contribution in [0.4, 0.5) is 0 Å². The second-order valence-corrected chi connectivity index (χ2v) is 10.2. The maximum atomic E-state index is 6.44. The Balaban J connectivity index is 2.27. The number of fused-ring (bicyclic) bond motifs is 1. The summed E-state index contributed by atoms with van der Waals surface area (Å²) in [4.78, 5) is 0. The van der Waals surface area contributed by atoms with Crippen molar-refractivity contribution in [3.8, 4) is 0 Å². The Morgan fingerprint density at radius 2 is 1.60 bits per heavy atom. The zero-order valence-electron chi connectivity index (χ0n) is 10.1. The van der Waals surface area contributed by atoms with Crippen molar-refractivity contribution in [2.24, 2.45) is 5.92 Å². The zero-order valence-corrected chi connectivity index (χ0v) is 11.1. The van der Waals surface area contributed by atoms with E-state index in [0.29, 0.717) is 0 Å². The van der Waals surface area contributed by atoms with Crippen LogP contribution < -0.4 is 0 Å². The van der Waals surface area contributed by atoms with E-state index in [1.54, 1.807) is 0 Å². The van der Waals surface area contributed by atoms with Gasteiger partial charge < -0.3 is 4.43 Å². The first-order valence-electron chi connectivity index (χ1n) is 6.07. The second-order valence-electron chi connectivity index (χ2n) is 5.72. The lowest BCUT2D eigenvalue weighted by atomic mass is 9.74. The predicted octanol–water partition coefficient (Wildman–Crippen LogP) is 3.89. The molecule has 0 heterocycles. The Bertz CT molecular complexity index is 267. The van der Waals surface area contributed by atoms with E-state index in [0.717, 1.165) is 5.92 Å². The van der Waals surface area contributed by atoms with Crippen molar-refractivity contribution in [2.75, 3.05) is 0 Å².